The minimum absolute atomic E-state index is 0.0152. The molecule has 2 amide bonds. The number of para-hydroxylation sites is 1. The number of rotatable bonds is 1. The number of carbonyl (C=O) groups is 2. The van der Waals surface area contributed by atoms with Gasteiger partial charge in [-0.05, 0) is 50.1 Å². The second-order valence-corrected chi connectivity index (χ2v) is 10.1. The Morgan fingerprint density at radius 2 is 1.76 bits per heavy atom. The summed E-state index contributed by atoms with van der Waals surface area (Å²) in [4.78, 5) is 30.1. The van der Waals surface area contributed by atoms with E-state index < -0.39 is 12.1 Å². The molecule has 2 atom stereocenters. The zero-order chi connectivity index (χ0) is 23.1. The molecule has 0 aliphatic carbocycles. The predicted molar refractivity (Wildman–Crippen MR) is 123 cm³/mol. The lowest BCUT2D eigenvalue weighted by Crippen LogP contribution is -2.62. The third-order valence-corrected chi connectivity index (χ3v) is 7.00. The maximum absolute atomic E-state index is 13.5. The lowest BCUT2D eigenvalue weighted by molar-refractivity contribution is -0.157. The van der Waals surface area contributed by atoms with Gasteiger partial charge in [0.2, 0.25) is 18.6 Å². The summed E-state index contributed by atoms with van der Waals surface area (Å²) < 4.78 is 13.5. The first-order chi connectivity index (χ1) is 15.8. The van der Waals surface area contributed by atoms with Gasteiger partial charge in [-0.25, -0.2) is 0 Å². The molecule has 1 aromatic heterocycles. The number of carbonyl (C=O) groups excluding carboxylic acids is 2. The summed E-state index contributed by atoms with van der Waals surface area (Å²) in [6, 6.07) is 13.3. The lowest BCUT2D eigenvalue weighted by Gasteiger charge is -2.47. The van der Waals surface area contributed by atoms with Gasteiger partial charge in [-0.2, -0.15) is 0 Å². The third kappa shape index (κ3) is 2.81. The molecule has 0 spiro atoms. The minimum Gasteiger partial charge on any atom is -0.454 e. The van der Waals surface area contributed by atoms with E-state index in [1.165, 1.54) is 0 Å². The van der Waals surface area contributed by atoms with E-state index in [2.05, 4.69) is 37.5 Å². The van der Waals surface area contributed by atoms with Crippen LogP contribution in [0.25, 0.3) is 10.9 Å². The van der Waals surface area contributed by atoms with Crippen LogP contribution >= 0.6 is 0 Å². The second kappa shape index (κ2) is 6.76. The van der Waals surface area contributed by atoms with Crippen LogP contribution in [-0.2, 0) is 21.5 Å². The van der Waals surface area contributed by atoms with Crippen molar-refractivity contribution < 1.29 is 19.1 Å². The lowest BCUT2D eigenvalue weighted by atomic mass is 9.85. The van der Waals surface area contributed by atoms with Gasteiger partial charge in [-0.15, -0.1) is 0 Å². The fourth-order valence-electron chi connectivity index (χ4n) is 5.70. The summed E-state index contributed by atoms with van der Waals surface area (Å²) in [5, 5.41) is 1.14. The average Bonchev–Trinajstić information content (AvgIpc) is 3.37. The summed E-state index contributed by atoms with van der Waals surface area (Å²) in [5.41, 5.74) is 4.03. The van der Waals surface area contributed by atoms with E-state index in [0.29, 0.717) is 17.9 Å². The predicted octanol–water partition coefficient (Wildman–Crippen LogP) is 3.44. The van der Waals surface area contributed by atoms with Crippen molar-refractivity contribution >= 4 is 22.7 Å². The summed E-state index contributed by atoms with van der Waals surface area (Å²) in [5.74, 6) is 1.31. The highest BCUT2D eigenvalue weighted by atomic mass is 16.7. The molecular formula is C26H27N3O4. The smallest absolute Gasteiger partial charge is 0.245 e. The number of hydrogen-bond acceptors (Lipinski definition) is 4. The Labute approximate surface area is 192 Å². The fourth-order valence-corrected chi connectivity index (χ4v) is 5.70. The highest BCUT2D eigenvalue weighted by Crippen LogP contribution is 2.47. The number of piperazine rings is 1. The third-order valence-electron chi connectivity index (χ3n) is 7.00. The van der Waals surface area contributed by atoms with Gasteiger partial charge in [0.1, 0.15) is 6.04 Å². The quantitative estimate of drug-likeness (QED) is 0.576. The SMILES string of the molecule is CN1CC(=O)N2C(Cc3c(n(C(C)(C)C)c4ccccc34)C2c2ccc3c(c2)OCO3)C1=O. The van der Waals surface area contributed by atoms with Gasteiger partial charge in [0.05, 0.1) is 12.6 Å². The molecule has 33 heavy (non-hydrogen) atoms. The Hall–Kier alpha value is -3.48. The van der Waals surface area contributed by atoms with Gasteiger partial charge in [-0.3, -0.25) is 9.59 Å². The molecule has 2 unspecified atom stereocenters. The van der Waals surface area contributed by atoms with Crippen LogP contribution in [0.4, 0.5) is 0 Å². The zero-order valence-corrected chi connectivity index (χ0v) is 19.3. The molecule has 1 saturated heterocycles. The van der Waals surface area contributed by atoms with Crippen LogP contribution in [0.3, 0.4) is 0 Å². The molecule has 1 fully saturated rings. The molecule has 3 aliphatic heterocycles. The number of nitrogens with zero attached hydrogens (tertiary/aromatic N) is 3. The standard InChI is InChI=1S/C26H27N3O4/c1-26(2,3)29-18-8-6-5-7-16(18)17-12-19-25(31)27(4)13-22(30)28(19)23(24(17)29)15-9-10-20-21(11-15)33-14-32-20/h5-11,19,23H,12-14H2,1-4H3. The highest BCUT2D eigenvalue weighted by Gasteiger charge is 2.49. The number of ether oxygens (including phenoxy) is 2. The van der Waals surface area contributed by atoms with Crippen LogP contribution in [-0.4, -0.2) is 52.6 Å². The Morgan fingerprint density at radius 1 is 1.00 bits per heavy atom. The average molecular weight is 446 g/mol. The van der Waals surface area contributed by atoms with Gasteiger partial charge >= 0.3 is 0 Å². The first-order valence-electron chi connectivity index (χ1n) is 11.3. The van der Waals surface area contributed by atoms with Gasteiger partial charge in [0.25, 0.3) is 0 Å². The van der Waals surface area contributed by atoms with Gasteiger partial charge in [0.15, 0.2) is 11.5 Å². The van der Waals surface area contributed by atoms with Crippen molar-refractivity contribution in [2.45, 2.75) is 44.8 Å². The Morgan fingerprint density at radius 3 is 2.55 bits per heavy atom. The van der Waals surface area contributed by atoms with Gasteiger partial charge in [0, 0.05) is 35.6 Å². The largest absolute Gasteiger partial charge is 0.454 e. The van der Waals surface area contributed by atoms with E-state index in [4.69, 9.17) is 9.47 Å². The van der Waals surface area contributed by atoms with E-state index in [-0.39, 0.29) is 30.7 Å². The number of hydrogen-bond donors (Lipinski definition) is 0. The van der Waals surface area contributed by atoms with E-state index in [1.807, 2.05) is 35.2 Å². The number of amides is 2. The number of aromatic nitrogens is 1. The Kier molecular flexibility index (Phi) is 4.13. The first kappa shape index (κ1) is 20.1. The molecule has 3 aromatic rings. The highest BCUT2D eigenvalue weighted by molar-refractivity contribution is 5.97. The number of likely N-dealkylation sites (N-methyl/N-ethyl adjacent to an activating group) is 1. The monoisotopic (exact) mass is 445 g/mol. The van der Waals surface area contributed by atoms with Crippen LogP contribution in [0.5, 0.6) is 11.5 Å². The molecule has 6 rings (SSSR count). The summed E-state index contributed by atoms with van der Waals surface area (Å²) >= 11 is 0. The second-order valence-electron chi connectivity index (χ2n) is 10.1. The van der Waals surface area contributed by atoms with Crippen molar-refractivity contribution in [3.8, 4) is 11.5 Å². The molecule has 4 heterocycles. The van der Waals surface area contributed by atoms with Crippen molar-refractivity contribution in [3.05, 3.63) is 59.3 Å². The summed E-state index contributed by atoms with van der Waals surface area (Å²) in [6.45, 7) is 6.81. The molecule has 0 N–H and O–H groups in total. The fraction of sp³-hybridized carbons (Fsp3) is 0.385. The molecule has 0 bridgehead atoms. The topological polar surface area (TPSA) is 64.0 Å². The zero-order valence-electron chi connectivity index (χ0n) is 19.3. The van der Waals surface area contributed by atoms with Crippen LogP contribution in [0.1, 0.15) is 43.6 Å². The van der Waals surface area contributed by atoms with Crippen molar-refractivity contribution in [1.82, 2.24) is 14.4 Å². The maximum Gasteiger partial charge on any atom is 0.245 e. The Bertz CT molecular complexity index is 1320. The molecule has 3 aliphatic rings. The van der Waals surface area contributed by atoms with Crippen LogP contribution < -0.4 is 9.47 Å². The molecular weight excluding hydrogens is 418 g/mol. The normalized spacial score (nSPS) is 22.1. The molecule has 0 saturated carbocycles. The van der Waals surface area contributed by atoms with E-state index in [0.717, 1.165) is 27.7 Å². The minimum atomic E-state index is -0.529. The number of fused-ring (bicyclic) bond motifs is 5. The van der Waals surface area contributed by atoms with Crippen LogP contribution in [0, 0.1) is 0 Å². The van der Waals surface area contributed by atoms with Gasteiger partial charge in [-0.1, -0.05) is 24.3 Å². The van der Waals surface area contributed by atoms with Gasteiger partial charge < -0.3 is 23.8 Å². The van der Waals surface area contributed by atoms with Crippen LogP contribution in [0.2, 0.25) is 0 Å². The molecule has 2 aromatic carbocycles. The molecule has 7 heteroatoms. The Balaban J connectivity index is 1.68. The molecule has 170 valence electrons. The van der Waals surface area contributed by atoms with E-state index in [9.17, 15) is 9.59 Å². The van der Waals surface area contributed by atoms with Crippen LogP contribution in [0.15, 0.2) is 42.5 Å². The van der Waals surface area contributed by atoms with Crippen molar-refractivity contribution in [3.63, 3.8) is 0 Å². The van der Waals surface area contributed by atoms with E-state index in [1.54, 1.807) is 11.9 Å². The molecule has 0 radical (unpaired) electrons. The first-order valence-corrected chi connectivity index (χ1v) is 11.3. The van der Waals surface area contributed by atoms with Crippen molar-refractivity contribution in [2.75, 3.05) is 20.4 Å². The van der Waals surface area contributed by atoms with E-state index >= 15 is 0 Å². The number of benzene rings is 2. The maximum atomic E-state index is 13.5. The molecule has 7 nitrogen and oxygen atoms in total. The summed E-state index contributed by atoms with van der Waals surface area (Å²) in [7, 11) is 1.71. The summed E-state index contributed by atoms with van der Waals surface area (Å²) in [6.07, 6.45) is 0.509. The van der Waals surface area contributed by atoms with Crippen molar-refractivity contribution in [2.24, 2.45) is 0 Å². The van der Waals surface area contributed by atoms with Crippen molar-refractivity contribution in [1.29, 1.82) is 0 Å².